The normalized spacial score (nSPS) is 15.5. The van der Waals surface area contributed by atoms with Gasteiger partial charge in [-0.15, -0.1) is 0 Å². The van der Waals surface area contributed by atoms with Crippen LogP contribution in [0.5, 0.6) is 0 Å². The largest absolute Gasteiger partial charge is 0.390 e. The number of nitrogens with one attached hydrogen (secondary N) is 2. The molecule has 0 fully saturated rings. The second-order valence-corrected chi connectivity index (χ2v) is 8.69. The number of benzene rings is 1. The van der Waals surface area contributed by atoms with Gasteiger partial charge in [-0.3, -0.25) is 10.1 Å². The van der Waals surface area contributed by atoms with E-state index >= 15 is 0 Å². The molecule has 3 N–H and O–H groups in total. The lowest BCUT2D eigenvalue weighted by atomic mass is 9.86. The zero-order valence-corrected chi connectivity index (χ0v) is 16.1. The van der Waals surface area contributed by atoms with Crippen molar-refractivity contribution in [2.24, 2.45) is 0 Å². The van der Waals surface area contributed by atoms with Crippen molar-refractivity contribution < 1.29 is 27.2 Å². The third-order valence-electron chi connectivity index (χ3n) is 3.41. The molecule has 0 saturated carbocycles. The maximum atomic E-state index is 14.5. The van der Waals surface area contributed by atoms with Crippen LogP contribution in [0.4, 0.5) is 14.5 Å². The summed E-state index contributed by atoms with van der Waals surface area (Å²) in [6.45, 7) is 3.55. The van der Waals surface area contributed by atoms with E-state index in [0.717, 1.165) is 25.1 Å². The van der Waals surface area contributed by atoms with E-state index in [1.165, 1.54) is 20.8 Å². The van der Waals surface area contributed by atoms with Crippen LogP contribution in [0.3, 0.4) is 0 Å². The first-order chi connectivity index (χ1) is 11.5. The zero-order valence-electron chi connectivity index (χ0n) is 14.5. The Morgan fingerprint density at radius 2 is 1.77 bits per heavy atom. The van der Waals surface area contributed by atoms with E-state index in [1.807, 2.05) is 0 Å². The van der Waals surface area contributed by atoms with E-state index in [9.17, 15) is 27.3 Å². The fourth-order valence-electron chi connectivity index (χ4n) is 2.19. The molecule has 0 amide bonds. The SMILES string of the molecule is CC(C)(C)NS(=O)(=O)N[C@](C)(c1cc([N+](=O)[O-])ccc1Cl)C(F)(F)CO. The van der Waals surface area contributed by atoms with Gasteiger partial charge in [0.15, 0.2) is 0 Å². The van der Waals surface area contributed by atoms with E-state index in [0.29, 0.717) is 0 Å². The number of nitrogens with zero attached hydrogens (tertiary/aromatic N) is 1. The Morgan fingerprint density at radius 1 is 1.23 bits per heavy atom. The Labute approximate surface area is 154 Å². The molecule has 0 saturated heterocycles. The van der Waals surface area contributed by atoms with Gasteiger partial charge in [-0.1, -0.05) is 11.6 Å². The number of rotatable bonds is 7. The van der Waals surface area contributed by atoms with Gasteiger partial charge in [0.2, 0.25) is 0 Å². The van der Waals surface area contributed by atoms with Crippen LogP contribution in [0, 0.1) is 10.1 Å². The summed E-state index contributed by atoms with van der Waals surface area (Å²) >= 11 is 5.92. The molecule has 0 aliphatic carbocycles. The molecule has 148 valence electrons. The molecule has 8 nitrogen and oxygen atoms in total. The molecule has 0 bridgehead atoms. The van der Waals surface area contributed by atoms with Crippen molar-refractivity contribution in [1.29, 1.82) is 0 Å². The number of hydrogen-bond acceptors (Lipinski definition) is 5. The van der Waals surface area contributed by atoms with Gasteiger partial charge in [0, 0.05) is 28.3 Å². The summed E-state index contributed by atoms with van der Waals surface area (Å²) in [5.41, 5.74) is -4.87. The lowest BCUT2D eigenvalue weighted by molar-refractivity contribution is -0.385. The minimum Gasteiger partial charge on any atom is -0.390 e. The summed E-state index contributed by atoms with van der Waals surface area (Å²) < 4.78 is 57.6. The average molecular weight is 416 g/mol. The predicted molar refractivity (Wildman–Crippen MR) is 92.4 cm³/mol. The molecule has 0 aliphatic heterocycles. The highest BCUT2D eigenvalue weighted by Gasteiger charge is 2.54. The van der Waals surface area contributed by atoms with Gasteiger partial charge in [0.05, 0.1) is 4.92 Å². The van der Waals surface area contributed by atoms with Gasteiger partial charge in [0.1, 0.15) is 12.1 Å². The molecule has 0 aromatic heterocycles. The molecule has 0 radical (unpaired) electrons. The van der Waals surface area contributed by atoms with Crippen molar-refractivity contribution in [2.75, 3.05) is 6.61 Å². The summed E-state index contributed by atoms with van der Waals surface area (Å²) in [5, 5.41) is 19.7. The fourth-order valence-corrected chi connectivity index (χ4v) is 4.15. The topological polar surface area (TPSA) is 122 Å². The second-order valence-electron chi connectivity index (χ2n) is 6.87. The summed E-state index contributed by atoms with van der Waals surface area (Å²) in [6, 6.07) is 2.74. The Kier molecular flexibility index (Phi) is 6.37. The van der Waals surface area contributed by atoms with Crippen molar-refractivity contribution in [3.8, 4) is 0 Å². The first-order valence-electron chi connectivity index (χ1n) is 7.31. The van der Waals surface area contributed by atoms with Gasteiger partial charge in [-0.25, -0.2) is 8.78 Å². The second kappa shape index (κ2) is 7.31. The van der Waals surface area contributed by atoms with Gasteiger partial charge in [0.25, 0.3) is 21.8 Å². The molecule has 1 atom stereocenters. The standard InChI is InChI=1S/C14H20ClF2N3O5S/c1-12(2,3)18-26(24,25)19-13(4,14(16,17)8-21)10-7-9(20(22)23)5-6-11(10)15/h5-7,18-19,21H,8H2,1-4H3/t13-/m1/s1. The van der Waals surface area contributed by atoms with Gasteiger partial charge >= 0.3 is 0 Å². The molecule has 0 spiro atoms. The van der Waals surface area contributed by atoms with Crippen LogP contribution >= 0.6 is 11.6 Å². The maximum Gasteiger partial charge on any atom is 0.293 e. The van der Waals surface area contributed by atoms with Crippen LogP contribution in [0.15, 0.2) is 18.2 Å². The number of halogens is 3. The highest BCUT2D eigenvalue weighted by Crippen LogP contribution is 2.42. The average Bonchev–Trinajstić information content (AvgIpc) is 2.43. The minimum absolute atomic E-state index is 0.329. The van der Waals surface area contributed by atoms with E-state index in [2.05, 4.69) is 4.72 Å². The minimum atomic E-state index is -4.51. The van der Waals surface area contributed by atoms with E-state index in [1.54, 1.807) is 4.72 Å². The third-order valence-corrected chi connectivity index (χ3v) is 5.30. The Morgan fingerprint density at radius 3 is 2.19 bits per heavy atom. The van der Waals surface area contributed by atoms with Crippen molar-refractivity contribution in [3.63, 3.8) is 0 Å². The Hall–Kier alpha value is -1.40. The van der Waals surface area contributed by atoms with Crippen molar-refractivity contribution in [2.45, 2.75) is 44.7 Å². The molecular formula is C14H20ClF2N3O5S. The van der Waals surface area contributed by atoms with Gasteiger partial charge in [-0.05, 0) is 33.8 Å². The molecule has 26 heavy (non-hydrogen) atoms. The van der Waals surface area contributed by atoms with Crippen molar-refractivity contribution in [3.05, 3.63) is 38.9 Å². The number of aliphatic hydroxyl groups excluding tert-OH is 1. The highest BCUT2D eigenvalue weighted by atomic mass is 35.5. The summed E-state index contributed by atoms with van der Waals surface area (Å²) in [5.74, 6) is -4.03. The molecule has 0 aliphatic rings. The molecule has 1 aromatic rings. The summed E-state index contributed by atoms with van der Waals surface area (Å²) in [4.78, 5) is 10.1. The molecule has 1 aromatic carbocycles. The number of nitro benzene ring substituents is 1. The van der Waals surface area contributed by atoms with E-state index < -0.39 is 50.0 Å². The first kappa shape index (κ1) is 22.6. The lowest BCUT2D eigenvalue weighted by Crippen LogP contribution is -2.61. The number of hydrogen-bond donors (Lipinski definition) is 3. The van der Waals surface area contributed by atoms with Gasteiger partial charge < -0.3 is 5.11 Å². The fraction of sp³-hybridized carbons (Fsp3) is 0.571. The zero-order chi connectivity index (χ0) is 20.6. The van der Waals surface area contributed by atoms with Crippen LogP contribution in [0.2, 0.25) is 5.02 Å². The van der Waals surface area contributed by atoms with Crippen LogP contribution in [0.25, 0.3) is 0 Å². The molecule has 12 heteroatoms. The summed E-state index contributed by atoms with van der Waals surface area (Å²) in [7, 11) is -4.51. The van der Waals surface area contributed by atoms with Crippen LogP contribution in [-0.2, 0) is 15.7 Å². The summed E-state index contributed by atoms with van der Waals surface area (Å²) in [6.07, 6.45) is 0. The number of nitro groups is 1. The number of non-ortho nitro benzene ring substituents is 1. The molecule has 0 heterocycles. The molecule has 1 rings (SSSR count). The first-order valence-corrected chi connectivity index (χ1v) is 9.17. The quantitative estimate of drug-likeness (QED) is 0.466. The maximum absolute atomic E-state index is 14.5. The third kappa shape index (κ3) is 5.07. The predicted octanol–water partition coefficient (Wildman–Crippen LogP) is 2.31. The van der Waals surface area contributed by atoms with Crippen molar-refractivity contribution in [1.82, 2.24) is 9.44 Å². The van der Waals surface area contributed by atoms with E-state index in [4.69, 9.17) is 16.7 Å². The van der Waals surface area contributed by atoms with E-state index in [-0.39, 0.29) is 5.02 Å². The molecular weight excluding hydrogens is 396 g/mol. The van der Waals surface area contributed by atoms with Crippen molar-refractivity contribution >= 4 is 27.5 Å². The molecule has 0 unspecified atom stereocenters. The van der Waals surface area contributed by atoms with Crippen LogP contribution in [0.1, 0.15) is 33.3 Å². The lowest BCUT2D eigenvalue weighted by Gasteiger charge is -2.38. The smallest absolute Gasteiger partial charge is 0.293 e. The monoisotopic (exact) mass is 415 g/mol. The Bertz CT molecular complexity index is 798. The van der Waals surface area contributed by atoms with Crippen LogP contribution in [-0.4, -0.2) is 36.5 Å². The van der Waals surface area contributed by atoms with Gasteiger partial charge in [-0.2, -0.15) is 17.9 Å². The number of aliphatic hydroxyl groups is 1. The Balaban J connectivity index is 3.61. The van der Waals surface area contributed by atoms with Crippen LogP contribution < -0.4 is 9.44 Å². The number of alkyl halides is 2. The highest BCUT2D eigenvalue weighted by molar-refractivity contribution is 7.87.